The molecule has 4 atom stereocenters. The second-order valence-electron chi connectivity index (χ2n) is 10.1. The van der Waals surface area contributed by atoms with Crippen LogP contribution in [-0.4, -0.2) is 58.2 Å². The molecular formula is C29H24O12. The maximum absolute atomic E-state index is 13.2. The van der Waals surface area contributed by atoms with Crippen molar-refractivity contribution in [2.45, 2.75) is 37.3 Å². The van der Waals surface area contributed by atoms with Crippen LogP contribution in [0, 0.1) is 0 Å². The summed E-state index contributed by atoms with van der Waals surface area (Å²) >= 11 is 0. The van der Waals surface area contributed by atoms with E-state index in [0.29, 0.717) is 0 Å². The number of phenols is 6. The van der Waals surface area contributed by atoms with E-state index in [4.69, 9.17) is 9.47 Å². The fraction of sp³-hybridized carbons (Fsp3) is 0.207. The van der Waals surface area contributed by atoms with Crippen molar-refractivity contribution in [3.63, 3.8) is 0 Å². The number of hydrogen-bond acceptors (Lipinski definition) is 12. The standard InChI is InChI=1S/C29H24O12/c30-11-3-17(32)15-8-21(36)28(40-23(15)5-11)10-1-13-14(7-20(35)27(39)25(13)26(38)19(34)2-10)29-22(37)9-16-18(33)4-12(31)6-24(16)41-29/h1-7,21-22,28-33,35-37,39H,8-9H2,(H,34,38)/t21-,22+,28-,29+/m1/s1. The number of hydrogen-bond donors (Lipinski definition) is 9. The number of rotatable bonds is 2. The summed E-state index contributed by atoms with van der Waals surface area (Å²) in [5.74, 6) is -3.57. The van der Waals surface area contributed by atoms with Crippen LogP contribution in [0.5, 0.6) is 51.7 Å². The third-order valence-corrected chi connectivity index (χ3v) is 7.43. The van der Waals surface area contributed by atoms with Crippen LogP contribution >= 0.6 is 0 Å². The molecule has 0 bridgehead atoms. The van der Waals surface area contributed by atoms with Gasteiger partial charge in [-0.2, -0.15) is 0 Å². The molecular weight excluding hydrogens is 540 g/mol. The van der Waals surface area contributed by atoms with Gasteiger partial charge in [-0.3, -0.25) is 4.79 Å². The summed E-state index contributed by atoms with van der Waals surface area (Å²) in [5.41, 5.74) is -0.578. The smallest absolute Gasteiger partial charge is 0.231 e. The Morgan fingerprint density at radius 1 is 0.610 bits per heavy atom. The molecule has 12 nitrogen and oxygen atoms in total. The number of aromatic hydroxyl groups is 7. The molecule has 2 aliphatic heterocycles. The van der Waals surface area contributed by atoms with Crippen molar-refractivity contribution in [2.75, 3.05) is 0 Å². The van der Waals surface area contributed by atoms with E-state index in [1.807, 2.05) is 0 Å². The van der Waals surface area contributed by atoms with E-state index in [2.05, 4.69) is 0 Å². The van der Waals surface area contributed by atoms with Crippen molar-refractivity contribution >= 4 is 10.8 Å². The quantitative estimate of drug-likeness (QED) is 0.160. The molecule has 0 fully saturated rings. The van der Waals surface area contributed by atoms with Gasteiger partial charge >= 0.3 is 0 Å². The van der Waals surface area contributed by atoms with E-state index >= 15 is 0 Å². The van der Waals surface area contributed by atoms with Crippen molar-refractivity contribution in [1.29, 1.82) is 0 Å². The lowest BCUT2D eigenvalue weighted by atomic mass is 9.90. The second-order valence-corrected chi connectivity index (χ2v) is 10.1. The Hall–Kier alpha value is -5.07. The summed E-state index contributed by atoms with van der Waals surface area (Å²) in [5, 5.41) is 93.5. The van der Waals surface area contributed by atoms with Crippen molar-refractivity contribution in [3.05, 3.63) is 74.9 Å². The molecule has 0 amide bonds. The topological polar surface area (TPSA) is 218 Å². The zero-order valence-electron chi connectivity index (χ0n) is 21.0. The van der Waals surface area contributed by atoms with E-state index in [0.717, 1.165) is 24.3 Å². The number of fused-ring (bicyclic) bond motifs is 3. The van der Waals surface area contributed by atoms with E-state index in [1.54, 1.807) is 0 Å². The van der Waals surface area contributed by atoms with Crippen LogP contribution in [0.4, 0.5) is 0 Å². The fourth-order valence-corrected chi connectivity index (χ4v) is 5.52. The molecule has 4 aromatic rings. The molecule has 0 saturated heterocycles. The van der Waals surface area contributed by atoms with Gasteiger partial charge in [-0.05, 0) is 29.1 Å². The lowest BCUT2D eigenvalue weighted by Crippen LogP contribution is -2.31. The molecule has 212 valence electrons. The van der Waals surface area contributed by atoms with Gasteiger partial charge in [-0.15, -0.1) is 0 Å². The van der Waals surface area contributed by atoms with Crippen LogP contribution in [0.3, 0.4) is 0 Å². The highest BCUT2D eigenvalue weighted by atomic mass is 16.5. The van der Waals surface area contributed by atoms with Gasteiger partial charge in [0.15, 0.2) is 23.4 Å². The minimum absolute atomic E-state index is 0.00576. The molecule has 2 heterocycles. The lowest BCUT2D eigenvalue weighted by Gasteiger charge is -2.32. The molecule has 41 heavy (non-hydrogen) atoms. The zero-order valence-corrected chi connectivity index (χ0v) is 21.0. The van der Waals surface area contributed by atoms with E-state index in [-0.39, 0.29) is 75.0 Å². The zero-order chi connectivity index (χ0) is 29.3. The predicted octanol–water partition coefficient (Wildman–Crippen LogP) is 2.21. The Kier molecular flexibility index (Phi) is 5.90. The van der Waals surface area contributed by atoms with Crippen LogP contribution in [-0.2, 0) is 12.8 Å². The van der Waals surface area contributed by atoms with Crippen molar-refractivity contribution in [1.82, 2.24) is 0 Å². The molecule has 0 unspecified atom stereocenters. The van der Waals surface area contributed by atoms with Gasteiger partial charge in [0.25, 0.3) is 0 Å². The van der Waals surface area contributed by atoms with Gasteiger partial charge in [-0.1, -0.05) is 0 Å². The van der Waals surface area contributed by atoms with Gasteiger partial charge < -0.3 is 55.4 Å². The number of benzene rings is 3. The molecule has 6 rings (SSSR count). The van der Waals surface area contributed by atoms with E-state index in [1.165, 1.54) is 18.2 Å². The monoisotopic (exact) mass is 564 g/mol. The average Bonchev–Trinajstić information content (AvgIpc) is 3.03. The van der Waals surface area contributed by atoms with Crippen LogP contribution in [0.15, 0.2) is 47.3 Å². The Bertz CT molecular complexity index is 1800. The van der Waals surface area contributed by atoms with Gasteiger partial charge in [0.1, 0.15) is 40.6 Å². The molecule has 2 aliphatic rings. The largest absolute Gasteiger partial charge is 0.508 e. The Balaban J connectivity index is 1.56. The maximum Gasteiger partial charge on any atom is 0.231 e. The minimum Gasteiger partial charge on any atom is -0.508 e. The third kappa shape index (κ3) is 4.20. The summed E-state index contributed by atoms with van der Waals surface area (Å²) in [7, 11) is 0. The molecule has 0 spiro atoms. The average molecular weight is 564 g/mol. The number of aliphatic hydroxyl groups excluding tert-OH is 2. The minimum atomic E-state index is -1.34. The lowest BCUT2D eigenvalue weighted by molar-refractivity contribution is 0.0193. The Morgan fingerprint density at radius 3 is 1.73 bits per heavy atom. The molecule has 0 aromatic heterocycles. The highest BCUT2D eigenvalue weighted by molar-refractivity contribution is 5.94. The molecule has 0 radical (unpaired) electrons. The fourth-order valence-electron chi connectivity index (χ4n) is 5.52. The summed E-state index contributed by atoms with van der Waals surface area (Å²) in [6.07, 6.45) is -5.40. The SMILES string of the molecule is O=c1c(O)cc([C@H]2Oc3cc(O)cc(O)c3C[C@H]2O)cc2c([C@@H]3Oc4cc(O)cc(O)c4C[C@@H]3O)cc(O)c(O)c12. The van der Waals surface area contributed by atoms with Gasteiger partial charge in [-0.25, -0.2) is 0 Å². The first-order valence-electron chi connectivity index (χ1n) is 12.5. The summed E-state index contributed by atoms with van der Waals surface area (Å²) in [4.78, 5) is 13.2. The normalized spacial score (nSPS) is 21.4. The van der Waals surface area contributed by atoms with Crippen LogP contribution in [0.25, 0.3) is 10.8 Å². The van der Waals surface area contributed by atoms with Crippen LogP contribution in [0.2, 0.25) is 0 Å². The second kappa shape index (κ2) is 9.25. The van der Waals surface area contributed by atoms with Crippen molar-refractivity contribution < 1.29 is 55.4 Å². The summed E-state index contributed by atoms with van der Waals surface area (Å²) in [6, 6.07) is 8.05. The Labute approximate surface area is 230 Å². The van der Waals surface area contributed by atoms with Crippen LogP contribution < -0.4 is 14.9 Å². The van der Waals surface area contributed by atoms with Crippen molar-refractivity contribution in [3.8, 4) is 51.7 Å². The molecule has 0 aliphatic carbocycles. The maximum atomic E-state index is 13.2. The molecule has 12 heteroatoms. The molecule has 4 aromatic carbocycles. The van der Waals surface area contributed by atoms with E-state index < -0.39 is 52.5 Å². The van der Waals surface area contributed by atoms with Crippen molar-refractivity contribution in [2.24, 2.45) is 0 Å². The number of aliphatic hydroxyl groups is 2. The number of phenolic OH excluding ortho intramolecular Hbond substituents is 6. The Morgan fingerprint density at radius 2 is 1.15 bits per heavy atom. The first-order valence-corrected chi connectivity index (χ1v) is 12.5. The molecule has 0 saturated carbocycles. The van der Waals surface area contributed by atoms with E-state index in [9.17, 15) is 50.8 Å². The number of ether oxygens (including phenoxy) is 2. The summed E-state index contributed by atoms with van der Waals surface area (Å²) in [6.45, 7) is 0. The highest BCUT2D eigenvalue weighted by Crippen LogP contribution is 2.47. The molecule has 9 N–H and O–H groups in total. The predicted molar refractivity (Wildman–Crippen MR) is 141 cm³/mol. The van der Waals surface area contributed by atoms with Gasteiger partial charge in [0.05, 0.1) is 17.6 Å². The van der Waals surface area contributed by atoms with Crippen LogP contribution in [0.1, 0.15) is 34.5 Å². The van der Waals surface area contributed by atoms with Gasteiger partial charge in [0.2, 0.25) is 5.43 Å². The summed E-state index contributed by atoms with van der Waals surface area (Å²) < 4.78 is 11.8. The third-order valence-electron chi connectivity index (χ3n) is 7.43. The first kappa shape index (κ1) is 26.2. The first-order chi connectivity index (χ1) is 19.4. The highest BCUT2D eigenvalue weighted by Gasteiger charge is 2.36. The van der Waals surface area contributed by atoms with Gasteiger partial charge in [0, 0.05) is 53.8 Å².